The van der Waals surface area contributed by atoms with Crippen molar-refractivity contribution in [3.05, 3.63) is 88.7 Å². The van der Waals surface area contributed by atoms with Gasteiger partial charge >= 0.3 is 0 Å². The molecule has 2 N–H and O–H groups in total. The zero-order valence-electron chi connectivity index (χ0n) is 15.2. The molecule has 5 nitrogen and oxygen atoms in total. The van der Waals surface area contributed by atoms with Gasteiger partial charge in [-0.3, -0.25) is 4.79 Å². The lowest BCUT2D eigenvalue weighted by Crippen LogP contribution is -2.17. The fourth-order valence-corrected chi connectivity index (χ4v) is 4.96. The number of hydrogen-bond donors (Lipinski definition) is 2. The van der Waals surface area contributed by atoms with E-state index < -0.39 is 5.91 Å². The van der Waals surface area contributed by atoms with Gasteiger partial charge in [0.25, 0.3) is 5.91 Å². The highest BCUT2D eigenvalue weighted by atomic mass is 127. The number of nitrogens with one attached hydrogen (secondary N) is 1. The number of ether oxygens (including phenoxy) is 1. The number of aromatic hydroxyl groups is 1. The summed E-state index contributed by atoms with van der Waals surface area (Å²) in [5.41, 5.74) is 3.74. The van der Waals surface area contributed by atoms with Gasteiger partial charge in [-0.05, 0) is 87.1 Å². The Labute approximate surface area is 208 Å². The Bertz CT molecular complexity index is 1100. The number of rotatable bonds is 6. The van der Waals surface area contributed by atoms with Crippen molar-refractivity contribution in [1.82, 2.24) is 5.43 Å². The first-order valence-corrected chi connectivity index (χ1v) is 11.5. The van der Waals surface area contributed by atoms with Crippen LogP contribution in [0.1, 0.15) is 21.5 Å². The number of nitrogens with zero attached hydrogens (tertiary/aromatic N) is 1. The standard InChI is InChI=1S/C21H14BrFI2N2O3/c22-14-5-6-19(28)15(9-14)21(29)27-26-10-12-7-17(24)20(18(25)8-12)30-11-13-3-1-2-4-16(13)23/h1-10,28H,11H2,(H,27,29)/b26-10-. The largest absolute Gasteiger partial charge is 0.507 e. The van der Waals surface area contributed by atoms with Gasteiger partial charge in [-0.25, -0.2) is 9.82 Å². The fourth-order valence-electron chi connectivity index (χ4n) is 2.47. The zero-order valence-corrected chi connectivity index (χ0v) is 21.1. The third kappa shape index (κ3) is 5.91. The topological polar surface area (TPSA) is 70.9 Å². The molecule has 3 aromatic carbocycles. The second-order valence-corrected chi connectivity index (χ2v) is 9.29. The van der Waals surface area contributed by atoms with E-state index in [9.17, 15) is 14.3 Å². The summed E-state index contributed by atoms with van der Waals surface area (Å²) in [6.45, 7) is 0.123. The first-order valence-electron chi connectivity index (χ1n) is 8.52. The third-order valence-corrected chi connectivity index (χ3v) is 6.03. The van der Waals surface area contributed by atoms with Crippen LogP contribution in [-0.2, 0) is 6.61 Å². The molecule has 0 saturated heterocycles. The van der Waals surface area contributed by atoms with Gasteiger partial charge in [-0.15, -0.1) is 0 Å². The SMILES string of the molecule is O=C(N/N=C\c1cc(I)c(OCc2ccccc2F)c(I)c1)c1cc(Br)ccc1O. The molecule has 0 spiro atoms. The van der Waals surface area contributed by atoms with Gasteiger partial charge in [0.1, 0.15) is 23.9 Å². The molecule has 0 atom stereocenters. The van der Waals surface area contributed by atoms with Gasteiger partial charge in [0, 0.05) is 10.0 Å². The smallest absolute Gasteiger partial charge is 0.275 e. The van der Waals surface area contributed by atoms with Crippen LogP contribution in [0.4, 0.5) is 4.39 Å². The normalized spacial score (nSPS) is 10.9. The molecule has 154 valence electrons. The number of hydrogen-bond acceptors (Lipinski definition) is 4. The summed E-state index contributed by atoms with van der Waals surface area (Å²) in [6, 6.07) is 14.7. The van der Waals surface area contributed by atoms with Crippen molar-refractivity contribution < 1.29 is 19.0 Å². The van der Waals surface area contributed by atoms with Crippen LogP contribution in [0.5, 0.6) is 11.5 Å². The van der Waals surface area contributed by atoms with E-state index in [-0.39, 0.29) is 23.7 Å². The zero-order chi connectivity index (χ0) is 21.7. The average Bonchev–Trinajstić information content (AvgIpc) is 2.70. The van der Waals surface area contributed by atoms with Crippen LogP contribution in [0.3, 0.4) is 0 Å². The molecule has 0 aliphatic carbocycles. The van der Waals surface area contributed by atoms with E-state index in [0.717, 1.165) is 12.7 Å². The molecule has 0 heterocycles. The third-order valence-electron chi connectivity index (χ3n) is 3.93. The number of amides is 1. The van der Waals surface area contributed by atoms with Gasteiger partial charge in [-0.1, -0.05) is 34.1 Å². The Morgan fingerprint density at radius 3 is 2.57 bits per heavy atom. The summed E-state index contributed by atoms with van der Waals surface area (Å²) in [6.07, 6.45) is 1.50. The van der Waals surface area contributed by atoms with Crippen LogP contribution in [0.15, 0.2) is 64.2 Å². The second-order valence-electron chi connectivity index (χ2n) is 6.05. The highest BCUT2D eigenvalue weighted by Gasteiger charge is 2.12. The average molecular weight is 695 g/mol. The van der Waals surface area contributed by atoms with Crippen LogP contribution < -0.4 is 10.2 Å². The molecule has 0 aliphatic heterocycles. The summed E-state index contributed by atoms with van der Waals surface area (Å²) < 4.78 is 21.9. The van der Waals surface area contributed by atoms with Crippen molar-refractivity contribution in [2.45, 2.75) is 6.61 Å². The van der Waals surface area contributed by atoms with Crippen molar-refractivity contribution in [2.24, 2.45) is 5.10 Å². The number of carbonyl (C=O) groups excluding carboxylic acids is 1. The van der Waals surface area contributed by atoms with E-state index in [1.807, 2.05) is 12.1 Å². The lowest BCUT2D eigenvalue weighted by molar-refractivity contribution is 0.0952. The van der Waals surface area contributed by atoms with Crippen LogP contribution in [-0.4, -0.2) is 17.2 Å². The van der Waals surface area contributed by atoms with Crippen LogP contribution in [0, 0.1) is 13.0 Å². The van der Waals surface area contributed by atoms with Crippen molar-refractivity contribution in [3.8, 4) is 11.5 Å². The van der Waals surface area contributed by atoms with Crippen LogP contribution >= 0.6 is 61.1 Å². The molecule has 3 rings (SSSR count). The molecule has 0 unspecified atom stereocenters. The molecule has 1 amide bonds. The van der Waals surface area contributed by atoms with Gasteiger partial charge in [-0.2, -0.15) is 5.10 Å². The Hall–Kier alpha value is -1.73. The first-order chi connectivity index (χ1) is 14.3. The summed E-state index contributed by atoms with van der Waals surface area (Å²) in [4.78, 5) is 12.2. The molecule has 0 bridgehead atoms. The maximum absolute atomic E-state index is 13.8. The second kappa shape index (κ2) is 10.5. The number of phenolic OH excluding ortho intramolecular Hbond substituents is 1. The highest BCUT2D eigenvalue weighted by molar-refractivity contribution is 14.1. The Kier molecular flexibility index (Phi) is 8.06. The molecule has 0 saturated carbocycles. The molecule has 0 fully saturated rings. The number of hydrazone groups is 1. The first kappa shape index (κ1) is 22.9. The molecule has 30 heavy (non-hydrogen) atoms. The van der Waals surface area contributed by atoms with Gasteiger partial charge in [0.15, 0.2) is 0 Å². The predicted molar refractivity (Wildman–Crippen MR) is 133 cm³/mol. The lowest BCUT2D eigenvalue weighted by Gasteiger charge is -2.12. The molecule has 0 aromatic heterocycles. The van der Waals surface area contributed by atoms with Gasteiger partial charge < -0.3 is 9.84 Å². The minimum absolute atomic E-state index is 0.113. The number of carbonyl (C=O) groups is 1. The van der Waals surface area contributed by atoms with Gasteiger partial charge in [0.05, 0.1) is 18.9 Å². The minimum atomic E-state index is -0.528. The lowest BCUT2D eigenvalue weighted by atomic mass is 10.2. The van der Waals surface area contributed by atoms with E-state index >= 15 is 0 Å². The summed E-state index contributed by atoms with van der Waals surface area (Å²) in [7, 11) is 0. The monoisotopic (exact) mass is 694 g/mol. The maximum Gasteiger partial charge on any atom is 0.275 e. The Morgan fingerprint density at radius 2 is 1.87 bits per heavy atom. The quantitative estimate of drug-likeness (QED) is 0.194. The van der Waals surface area contributed by atoms with E-state index in [1.54, 1.807) is 24.3 Å². The van der Waals surface area contributed by atoms with E-state index in [0.29, 0.717) is 15.8 Å². The molecular weight excluding hydrogens is 681 g/mol. The summed E-state index contributed by atoms with van der Waals surface area (Å²) >= 11 is 7.53. The van der Waals surface area contributed by atoms with Crippen LogP contribution in [0.2, 0.25) is 0 Å². The summed E-state index contributed by atoms with van der Waals surface area (Å²) in [5.74, 6) is -0.316. The number of benzene rings is 3. The number of halogens is 4. The Morgan fingerprint density at radius 1 is 1.17 bits per heavy atom. The Balaban J connectivity index is 1.68. The van der Waals surface area contributed by atoms with E-state index in [1.165, 1.54) is 24.4 Å². The predicted octanol–water partition coefficient (Wildman–Crippen LogP) is 5.85. The fraction of sp³-hybridized carbons (Fsp3) is 0.0476. The van der Waals surface area contributed by atoms with E-state index in [2.05, 4.69) is 71.6 Å². The van der Waals surface area contributed by atoms with Gasteiger partial charge in [0.2, 0.25) is 0 Å². The molecular formula is C21H14BrFI2N2O3. The molecule has 9 heteroatoms. The van der Waals surface area contributed by atoms with E-state index in [4.69, 9.17) is 4.74 Å². The molecule has 0 radical (unpaired) electrons. The van der Waals surface area contributed by atoms with Crippen LogP contribution in [0.25, 0.3) is 0 Å². The molecule has 0 aliphatic rings. The minimum Gasteiger partial charge on any atom is -0.507 e. The highest BCUT2D eigenvalue weighted by Crippen LogP contribution is 2.29. The molecule has 3 aromatic rings. The number of phenols is 1. The van der Waals surface area contributed by atoms with Crippen molar-refractivity contribution in [2.75, 3.05) is 0 Å². The summed E-state index contributed by atoms with van der Waals surface area (Å²) in [5, 5.41) is 13.8. The van der Waals surface area contributed by atoms with Crippen molar-refractivity contribution in [3.63, 3.8) is 0 Å². The maximum atomic E-state index is 13.8. The van der Waals surface area contributed by atoms with Crippen molar-refractivity contribution >= 4 is 73.2 Å². The van der Waals surface area contributed by atoms with Crippen molar-refractivity contribution in [1.29, 1.82) is 0 Å².